The Morgan fingerprint density at radius 1 is 1.38 bits per heavy atom. The molecule has 1 atom stereocenters. The zero-order valence-corrected chi connectivity index (χ0v) is 14.1. The quantitative estimate of drug-likeness (QED) is 0.647. The van der Waals surface area contributed by atoms with Gasteiger partial charge in [0.1, 0.15) is 0 Å². The molecule has 1 fully saturated rings. The SMILES string of the molecule is CCSc1ccc(C)cc1C(=O)C(C)CN1CCNCC1. The van der Waals surface area contributed by atoms with Gasteiger partial charge >= 0.3 is 0 Å². The molecule has 1 aliphatic rings. The molecule has 1 aromatic rings. The maximum absolute atomic E-state index is 12.8. The number of carbonyl (C=O) groups excluding carboxylic acids is 1. The number of ketones is 1. The Kier molecular flexibility index (Phi) is 6.27. The third-order valence-electron chi connectivity index (χ3n) is 3.89. The highest BCUT2D eigenvalue weighted by atomic mass is 32.2. The van der Waals surface area contributed by atoms with E-state index in [4.69, 9.17) is 0 Å². The normalized spacial score (nSPS) is 17.7. The van der Waals surface area contributed by atoms with Crippen molar-refractivity contribution in [3.63, 3.8) is 0 Å². The summed E-state index contributed by atoms with van der Waals surface area (Å²) in [7, 11) is 0. The second-order valence-electron chi connectivity index (χ2n) is 5.75. The first-order valence-electron chi connectivity index (χ1n) is 7.82. The van der Waals surface area contributed by atoms with E-state index in [1.165, 1.54) is 0 Å². The molecule has 21 heavy (non-hydrogen) atoms. The van der Waals surface area contributed by atoms with Crippen LogP contribution in [0.25, 0.3) is 0 Å². The van der Waals surface area contributed by atoms with Crippen LogP contribution in [0, 0.1) is 12.8 Å². The van der Waals surface area contributed by atoms with Crippen LogP contribution < -0.4 is 5.32 Å². The monoisotopic (exact) mass is 306 g/mol. The summed E-state index contributed by atoms with van der Waals surface area (Å²) in [5.41, 5.74) is 2.07. The van der Waals surface area contributed by atoms with E-state index in [2.05, 4.69) is 49.2 Å². The number of Topliss-reactive ketones (excluding diaryl/α,β-unsaturated/α-hetero) is 1. The highest BCUT2D eigenvalue weighted by Gasteiger charge is 2.22. The van der Waals surface area contributed by atoms with Crippen molar-refractivity contribution in [2.24, 2.45) is 5.92 Å². The van der Waals surface area contributed by atoms with E-state index in [1.807, 2.05) is 0 Å². The molecule has 1 aromatic carbocycles. The molecule has 116 valence electrons. The molecule has 0 amide bonds. The lowest BCUT2D eigenvalue weighted by Crippen LogP contribution is -2.45. The van der Waals surface area contributed by atoms with Gasteiger partial charge in [-0.05, 0) is 24.8 Å². The van der Waals surface area contributed by atoms with Crippen molar-refractivity contribution < 1.29 is 4.79 Å². The van der Waals surface area contributed by atoms with Gasteiger partial charge in [-0.1, -0.05) is 25.5 Å². The molecule has 1 heterocycles. The van der Waals surface area contributed by atoms with E-state index in [0.717, 1.165) is 54.5 Å². The number of piperazine rings is 1. The van der Waals surface area contributed by atoms with Gasteiger partial charge in [-0.2, -0.15) is 0 Å². The third-order valence-corrected chi connectivity index (χ3v) is 4.85. The molecule has 1 saturated heterocycles. The topological polar surface area (TPSA) is 32.3 Å². The molecule has 3 nitrogen and oxygen atoms in total. The number of nitrogens with one attached hydrogen (secondary N) is 1. The molecule has 0 radical (unpaired) electrons. The van der Waals surface area contributed by atoms with Crippen molar-refractivity contribution >= 4 is 17.5 Å². The Bertz CT molecular complexity index is 484. The minimum absolute atomic E-state index is 0.0566. The summed E-state index contributed by atoms with van der Waals surface area (Å²) in [5, 5.41) is 3.35. The summed E-state index contributed by atoms with van der Waals surface area (Å²) in [6.45, 7) is 11.3. The first kappa shape index (κ1) is 16.5. The van der Waals surface area contributed by atoms with E-state index < -0.39 is 0 Å². The summed E-state index contributed by atoms with van der Waals surface area (Å²) in [4.78, 5) is 16.3. The van der Waals surface area contributed by atoms with Gasteiger partial charge in [-0.15, -0.1) is 11.8 Å². The van der Waals surface area contributed by atoms with Gasteiger partial charge in [-0.25, -0.2) is 0 Å². The third kappa shape index (κ3) is 4.56. The van der Waals surface area contributed by atoms with E-state index in [-0.39, 0.29) is 11.7 Å². The zero-order valence-electron chi connectivity index (χ0n) is 13.3. The molecule has 0 saturated carbocycles. The molecule has 0 spiro atoms. The Balaban J connectivity index is 2.08. The van der Waals surface area contributed by atoms with E-state index >= 15 is 0 Å². The summed E-state index contributed by atoms with van der Waals surface area (Å²) in [6.07, 6.45) is 0. The van der Waals surface area contributed by atoms with Crippen molar-refractivity contribution in [3.8, 4) is 0 Å². The minimum atomic E-state index is 0.0566. The molecule has 0 aliphatic carbocycles. The van der Waals surface area contributed by atoms with Crippen molar-refractivity contribution in [3.05, 3.63) is 29.3 Å². The summed E-state index contributed by atoms with van der Waals surface area (Å²) in [5.74, 6) is 1.34. The summed E-state index contributed by atoms with van der Waals surface area (Å²) >= 11 is 1.76. The van der Waals surface area contributed by atoms with Crippen LogP contribution in [0.1, 0.15) is 29.8 Å². The second-order valence-corrected chi connectivity index (χ2v) is 7.05. The van der Waals surface area contributed by atoms with Gasteiger partial charge in [0, 0.05) is 49.1 Å². The van der Waals surface area contributed by atoms with Crippen molar-refractivity contribution in [2.45, 2.75) is 25.7 Å². The molecule has 4 heteroatoms. The van der Waals surface area contributed by atoms with Crippen LogP contribution in [0.2, 0.25) is 0 Å². The lowest BCUT2D eigenvalue weighted by molar-refractivity contribution is 0.0884. The van der Waals surface area contributed by atoms with Gasteiger partial charge in [0.25, 0.3) is 0 Å². The van der Waals surface area contributed by atoms with Gasteiger partial charge in [-0.3, -0.25) is 4.79 Å². The molecule has 0 bridgehead atoms. The van der Waals surface area contributed by atoms with Crippen LogP contribution in [0.4, 0.5) is 0 Å². The molecular weight excluding hydrogens is 280 g/mol. The van der Waals surface area contributed by atoms with Crippen LogP contribution >= 0.6 is 11.8 Å². The maximum atomic E-state index is 12.8. The van der Waals surface area contributed by atoms with Gasteiger partial charge in [0.05, 0.1) is 0 Å². The lowest BCUT2D eigenvalue weighted by atomic mass is 9.97. The predicted molar refractivity (Wildman–Crippen MR) is 90.4 cm³/mol. The number of benzene rings is 1. The van der Waals surface area contributed by atoms with E-state index in [1.54, 1.807) is 11.8 Å². The first-order valence-corrected chi connectivity index (χ1v) is 8.81. The average Bonchev–Trinajstić information content (AvgIpc) is 2.49. The summed E-state index contributed by atoms with van der Waals surface area (Å²) < 4.78 is 0. The number of thioether (sulfide) groups is 1. The van der Waals surface area contributed by atoms with Crippen molar-refractivity contribution in [2.75, 3.05) is 38.5 Å². The summed E-state index contributed by atoms with van der Waals surface area (Å²) in [6, 6.07) is 6.23. The molecule has 1 aliphatic heterocycles. The second kappa shape index (κ2) is 7.97. The number of hydrogen-bond donors (Lipinski definition) is 1. The van der Waals surface area contributed by atoms with Gasteiger partial charge < -0.3 is 10.2 Å². The molecule has 2 rings (SSSR count). The fourth-order valence-corrected chi connectivity index (χ4v) is 3.54. The van der Waals surface area contributed by atoms with Crippen LogP contribution in [-0.4, -0.2) is 49.2 Å². The minimum Gasteiger partial charge on any atom is -0.314 e. The molecular formula is C17H26N2OS. The fourth-order valence-electron chi connectivity index (χ4n) is 2.75. The highest BCUT2D eigenvalue weighted by molar-refractivity contribution is 7.99. The van der Waals surface area contributed by atoms with Crippen LogP contribution in [-0.2, 0) is 0 Å². The maximum Gasteiger partial charge on any atom is 0.168 e. The lowest BCUT2D eigenvalue weighted by Gasteiger charge is -2.29. The van der Waals surface area contributed by atoms with E-state index in [9.17, 15) is 4.79 Å². The fraction of sp³-hybridized carbons (Fsp3) is 0.588. The van der Waals surface area contributed by atoms with Crippen LogP contribution in [0.3, 0.4) is 0 Å². The Labute approximate surface area is 132 Å². The van der Waals surface area contributed by atoms with Gasteiger partial charge in [0.15, 0.2) is 5.78 Å². The first-order chi connectivity index (χ1) is 10.1. The van der Waals surface area contributed by atoms with Crippen molar-refractivity contribution in [1.29, 1.82) is 0 Å². The van der Waals surface area contributed by atoms with E-state index in [0.29, 0.717) is 0 Å². The van der Waals surface area contributed by atoms with Crippen molar-refractivity contribution in [1.82, 2.24) is 10.2 Å². The average molecular weight is 306 g/mol. The van der Waals surface area contributed by atoms with Crippen LogP contribution in [0.15, 0.2) is 23.1 Å². The largest absolute Gasteiger partial charge is 0.314 e. The molecule has 0 aromatic heterocycles. The number of hydrogen-bond acceptors (Lipinski definition) is 4. The molecule has 1 unspecified atom stereocenters. The number of carbonyl (C=O) groups is 1. The highest BCUT2D eigenvalue weighted by Crippen LogP contribution is 2.26. The molecule has 1 N–H and O–H groups in total. The van der Waals surface area contributed by atoms with Gasteiger partial charge in [0.2, 0.25) is 0 Å². The smallest absolute Gasteiger partial charge is 0.168 e. The zero-order chi connectivity index (χ0) is 15.2. The number of aryl methyl sites for hydroxylation is 1. The Hall–Kier alpha value is -0.840. The predicted octanol–water partition coefficient (Wildman–Crippen LogP) is 2.83. The Morgan fingerprint density at radius 3 is 2.76 bits per heavy atom. The number of rotatable bonds is 6. The van der Waals surface area contributed by atoms with Crippen LogP contribution in [0.5, 0.6) is 0 Å². The number of nitrogens with zero attached hydrogens (tertiary/aromatic N) is 1. The standard InChI is InChI=1S/C17H26N2OS/c1-4-21-16-6-5-13(2)11-15(16)17(20)14(3)12-19-9-7-18-8-10-19/h5-6,11,14,18H,4,7-10,12H2,1-3H3. The Morgan fingerprint density at radius 2 is 2.10 bits per heavy atom.